The molecule has 0 aromatic heterocycles. The van der Waals surface area contributed by atoms with Gasteiger partial charge in [-0.3, -0.25) is 4.79 Å². The molecule has 9 atom stereocenters. The summed E-state index contributed by atoms with van der Waals surface area (Å²) in [5.74, 6) is 0.217. The second-order valence-electron chi connectivity index (χ2n) is 11.4. The van der Waals surface area contributed by atoms with Crippen LogP contribution in [-0.2, 0) is 19.1 Å². The number of rotatable bonds is 2. The van der Waals surface area contributed by atoms with Crippen molar-refractivity contribution < 1.29 is 29.3 Å². The minimum absolute atomic E-state index is 0.130. The first-order valence-corrected chi connectivity index (χ1v) is 12.0. The third-order valence-electron chi connectivity index (χ3n) is 10.2. The van der Waals surface area contributed by atoms with Crippen LogP contribution in [0.5, 0.6) is 0 Å². The van der Waals surface area contributed by atoms with Gasteiger partial charge < -0.3 is 19.7 Å². The maximum atomic E-state index is 12.4. The average Bonchev–Trinajstić information content (AvgIpc) is 3.19. The van der Waals surface area contributed by atoms with E-state index in [9.17, 15) is 19.8 Å². The van der Waals surface area contributed by atoms with E-state index in [1.165, 1.54) is 13.0 Å². The van der Waals surface area contributed by atoms with Crippen LogP contribution in [0.2, 0.25) is 0 Å². The molecule has 31 heavy (non-hydrogen) atoms. The maximum Gasteiger partial charge on any atom is 0.331 e. The first kappa shape index (κ1) is 21.4. The Morgan fingerprint density at radius 3 is 2.58 bits per heavy atom. The Morgan fingerprint density at radius 1 is 1.13 bits per heavy atom. The number of hydrogen-bond donors (Lipinski definition) is 2. The van der Waals surface area contributed by atoms with E-state index in [2.05, 4.69) is 13.8 Å². The molecule has 172 valence electrons. The van der Waals surface area contributed by atoms with Gasteiger partial charge in [0.2, 0.25) is 0 Å². The van der Waals surface area contributed by atoms with Gasteiger partial charge in [0.1, 0.15) is 12.2 Å². The molecule has 2 N–H and O–H groups in total. The van der Waals surface area contributed by atoms with Crippen molar-refractivity contribution in [3.05, 3.63) is 11.6 Å². The second kappa shape index (κ2) is 7.05. The predicted octanol–water partition coefficient (Wildman–Crippen LogP) is 3.15. The summed E-state index contributed by atoms with van der Waals surface area (Å²) >= 11 is 0. The first-order chi connectivity index (χ1) is 14.6. The third-order valence-corrected chi connectivity index (χ3v) is 10.2. The largest absolute Gasteiger partial charge is 0.458 e. The highest BCUT2D eigenvalue weighted by atomic mass is 16.6. The molecule has 4 saturated carbocycles. The highest BCUT2D eigenvalue weighted by molar-refractivity contribution is 5.85. The van der Waals surface area contributed by atoms with Gasteiger partial charge in [0.15, 0.2) is 0 Å². The van der Waals surface area contributed by atoms with Gasteiger partial charge in [0.05, 0.1) is 12.2 Å². The average molecular weight is 433 g/mol. The summed E-state index contributed by atoms with van der Waals surface area (Å²) in [5, 5.41) is 21.6. The first-order valence-electron chi connectivity index (χ1n) is 12.0. The number of carbonyl (C=O) groups excluding carboxylic acids is 2. The van der Waals surface area contributed by atoms with Crippen molar-refractivity contribution in [1.29, 1.82) is 0 Å². The molecule has 5 aliphatic rings. The van der Waals surface area contributed by atoms with Crippen molar-refractivity contribution in [2.24, 2.45) is 34.5 Å². The Bertz CT molecular complexity index is 821. The minimum Gasteiger partial charge on any atom is -0.458 e. The zero-order chi connectivity index (χ0) is 22.2. The van der Waals surface area contributed by atoms with Gasteiger partial charge in [-0.1, -0.05) is 13.8 Å². The lowest BCUT2D eigenvalue weighted by Crippen LogP contribution is -2.63. The summed E-state index contributed by atoms with van der Waals surface area (Å²) in [6.45, 7) is 6.25. The minimum atomic E-state index is -0.734. The standard InChI is InChI=1S/C25H36O6/c1-14(26)31-25-12-20(28)22(15-10-21(29)30-13-15)24(25,3)9-7-18-19(25)5-4-16-11-17(27)6-8-23(16,18)2/h10,16-20,22,27-28H,4-9,11-13H2,1-3H3/t16-,17+,18+,19-,20+,22+,23+,24-,25+/m1/s1. The Morgan fingerprint density at radius 2 is 1.90 bits per heavy atom. The number of ether oxygens (including phenoxy) is 2. The molecule has 4 aliphatic carbocycles. The highest BCUT2D eigenvalue weighted by Gasteiger charge is 2.72. The summed E-state index contributed by atoms with van der Waals surface area (Å²) in [6.07, 6.45) is 7.66. The van der Waals surface area contributed by atoms with Gasteiger partial charge in [-0.2, -0.15) is 0 Å². The maximum absolute atomic E-state index is 12.4. The Balaban J connectivity index is 1.57. The summed E-state index contributed by atoms with van der Waals surface area (Å²) < 4.78 is 11.5. The molecule has 0 radical (unpaired) electrons. The number of fused-ring (bicyclic) bond motifs is 5. The molecule has 0 saturated heterocycles. The van der Waals surface area contributed by atoms with Gasteiger partial charge in [0, 0.05) is 36.7 Å². The van der Waals surface area contributed by atoms with Crippen molar-refractivity contribution >= 4 is 11.9 Å². The molecule has 0 spiro atoms. The van der Waals surface area contributed by atoms with Gasteiger partial charge in [0.25, 0.3) is 0 Å². The Hall–Kier alpha value is -1.40. The van der Waals surface area contributed by atoms with E-state index >= 15 is 0 Å². The van der Waals surface area contributed by atoms with Crippen LogP contribution >= 0.6 is 0 Å². The third kappa shape index (κ3) is 2.90. The smallest absolute Gasteiger partial charge is 0.331 e. The van der Waals surface area contributed by atoms with E-state index in [0.29, 0.717) is 18.3 Å². The molecular formula is C25H36O6. The molecule has 1 heterocycles. The monoisotopic (exact) mass is 432 g/mol. The lowest BCUT2D eigenvalue weighted by Gasteiger charge is -2.64. The Labute approximate surface area is 184 Å². The van der Waals surface area contributed by atoms with Crippen molar-refractivity contribution in [2.45, 2.75) is 89.9 Å². The van der Waals surface area contributed by atoms with Crippen LogP contribution in [0.1, 0.15) is 72.1 Å². The van der Waals surface area contributed by atoms with E-state index in [0.717, 1.165) is 50.5 Å². The number of carbonyl (C=O) groups is 2. The normalized spacial score (nSPS) is 51.3. The van der Waals surface area contributed by atoms with Gasteiger partial charge in [-0.15, -0.1) is 0 Å². The number of esters is 2. The molecule has 6 nitrogen and oxygen atoms in total. The van der Waals surface area contributed by atoms with Gasteiger partial charge in [-0.25, -0.2) is 4.79 Å². The molecule has 4 fully saturated rings. The summed E-state index contributed by atoms with van der Waals surface area (Å²) in [4.78, 5) is 24.2. The van der Waals surface area contributed by atoms with E-state index in [4.69, 9.17) is 9.47 Å². The Kier molecular flexibility index (Phi) is 4.88. The molecule has 1 aliphatic heterocycles. The fraction of sp³-hybridized carbons (Fsp3) is 0.840. The van der Waals surface area contributed by atoms with Crippen LogP contribution in [0.25, 0.3) is 0 Å². The van der Waals surface area contributed by atoms with Gasteiger partial charge in [-0.05, 0) is 67.8 Å². The van der Waals surface area contributed by atoms with Crippen LogP contribution in [0.3, 0.4) is 0 Å². The fourth-order valence-electron chi connectivity index (χ4n) is 8.93. The van der Waals surface area contributed by atoms with Crippen molar-refractivity contribution in [3.63, 3.8) is 0 Å². The van der Waals surface area contributed by atoms with E-state index in [1.807, 2.05) is 0 Å². The van der Waals surface area contributed by atoms with E-state index < -0.39 is 17.1 Å². The molecule has 0 amide bonds. The van der Waals surface area contributed by atoms with E-state index in [-0.39, 0.29) is 41.9 Å². The lowest BCUT2D eigenvalue weighted by atomic mass is 9.43. The number of aliphatic hydroxyl groups is 2. The highest BCUT2D eigenvalue weighted by Crippen LogP contribution is 2.71. The fourth-order valence-corrected chi connectivity index (χ4v) is 8.93. The SMILES string of the molecule is CC(=O)O[C@]12C[C@H](O)[C@H](C3=CC(=O)OC3)[C@@]1(C)CC[C@H]1[C@H]2CC[C@@H]2C[C@@H](O)CC[C@@]21C. The van der Waals surface area contributed by atoms with Crippen molar-refractivity contribution in [1.82, 2.24) is 0 Å². The van der Waals surface area contributed by atoms with Crippen LogP contribution in [-0.4, -0.2) is 46.6 Å². The number of cyclic esters (lactones) is 1. The summed E-state index contributed by atoms with van der Waals surface area (Å²) in [6, 6.07) is 0. The molecular weight excluding hydrogens is 396 g/mol. The zero-order valence-corrected chi connectivity index (χ0v) is 18.9. The quantitative estimate of drug-likeness (QED) is 0.651. The predicted molar refractivity (Wildman–Crippen MR) is 113 cm³/mol. The van der Waals surface area contributed by atoms with E-state index in [1.54, 1.807) is 0 Å². The number of aliphatic hydroxyl groups excluding tert-OH is 2. The number of hydrogen-bond acceptors (Lipinski definition) is 6. The molecule has 5 rings (SSSR count). The summed E-state index contributed by atoms with van der Waals surface area (Å²) in [7, 11) is 0. The lowest BCUT2D eigenvalue weighted by molar-refractivity contribution is -0.228. The van der Waals surface area contributed by atoms with Crippen molar-refractivity contribution in [3.8, 4) is 0 Å². The topological polar surface area (TPSA) is 93.1 Å². The van der Waals surface area contributed by atoms with Gasteiger partial charge >= 0.3 is 11.9 Å². The van der Waals surface area contributed by atoms with Crippen LogP contribution < -0.4 is 0 Å². The van der Waals surface area contributed by atoms with Crippen molar-refractivity contribution in [2.75, 3.05) is 6.61 Å². The zero-order valence-electron chi connectivity index (χ0n) is 18.9. The second-order valence-corrected chi connectivity index (χ2v) is 11.4. The summed E-state index contributed by atoms with van der Waals surface area (Å²) in [5.41, 5.74) is -0.197. The molecule has 0 bridgehead atoms. The van der Waals surface area contributed by atoms with Crippen LogP contribution in [0.15, 0.2) is 11.6 Å². The van der Waals surface area contributed by atoms with Crippen LogP contribution in [0.4, 0.5) is 0 Å². The molecule has 0 aromatic carbocycles. The molecule has 0 aromatic rings. The molecule has 0 unspecified atom stereocenters. The van der Waals surface area contributed by atoms with Crippen LogP contribution in [0, 0.1) is 34.5 Å². The molecule has 6 heteroatoms.